The maximum Gasteiger partial charge on any atom is 0.154 e. The van der Waals surface area contributed by atoms with Gasteiger partial charge in [0.1, 0.15) is 17.3 Å². The van der Waals surface area contributed by atoms with Gasteiger partial charge in [-0.15, -0.1) is 0 Å². The van der Waals surface area contributed by atoms with Gasteiger partial charge in [0.2, 0.25) is 0 Å². The zero-order valence-corrected chi connectivity index (χ0v) is 9.94. The molecule has 0 saturated heterocycles. The Morgan fingerprint density at radius 2 is 2.29 bits per heavy atom. The fourth-order valence-corrected chi connectivity index (χ4v) is 2.46. The molecule has 0 radical (unpaired) electrons. The predicted molar refractivity (Wildman–Crippen MR) is 63.5 cm³/mol. The van der Waals surface area contributed by atoms with Crippen molar-refractivity contribution < 1.29 is 9.52 Å². The molecule has 3 heterocycles. The first-order chi connectivity index (χ1) is 8.29. The number of rotatable bonds is 2. The van der Waals surface area contributed by atoms with Crippen LogP contribution in [0.15, 0.2) is 16.5 Å². The Hall–Kier alpha value is -1.55. The fraction of sp³-hybridized carbons (Fsp3) is 0.462. The second kappa shape index (κ2) is 4.04. The smallest absolute Gasteiger partial charge is 0.154 e. The van der Waals surface area contributed by atoms with Crippen molar-refractivity contribution in [2.24, 2.45) is 0 Å². The molecule has 3 rings (SSSR count). The topological polar surface area (TPSA) is 51.2 Å². The van der Waals surface area contributed by atoms with Crippen LogP contribution in [0.25, 0.3) is 11.5 Å². The van der Waals surface area contributed by atoms with Crippen molar-refractivity contribution in [1.82, 2.24) is 9.55 Å². The standard InChI is InChI=1S/C13H16N2O2/c1-9-5-6-11(17-9)13-10(8-16)15-7-3-2-4-12(15)14-13/h5-6,16H,2-4,7-8H2,1H3. The van der Waals surface area contributed by atoms with Gasteiger partial charge < -0.3 is 14.1 Å². The van der Waals surface area contributed by atoms with Gasteiger partial charge in [-0.2, -0.15) is 0 Å². The SMILES string of the molecule is Cc1ccc(-c2nc3n(c2CO)CCCC3)o1. The van der Waals surface area contributed by atoms with Crippen molar-refractivity contribution in [1.29, 1.82) is 0 Å². The van der Waals surface area contributed by atoms with Crippen LogP contribution >= 0.6 is 0 Å². The zero-order chi connectivity index (χ0) is 11.8. The second-order valence-electron chi connectivity index (χ2n) is 4.50. The lowest BCUT2D eigenvalue weighted by atomic mass is 10.1. The minimum Gasteiger partial charge on any atom is -0.460 e. The number of aliphatic hydroxyl groups excluding tert-OH is 1. The van der Waals surface area contributed by atoms with E-state index in [9.17, 15) is 5.11 Å². The third-order valence-corrected chi connectivity index (χ3v) is 3.31. The first kappa shape index (κ1) is 10.6. The van der Waals surface area contributed by atoms with Crippen LogP contribution in [-0.4, -0.2) is 14.7 Å². The Balaban J connectivity index is 2.13. The molecule has 0 spiro atoms. The number of hydrogen-bond donors (Lipinski definition) is 1. The van der Waals surface area contributed by atoms with Crippen LogP contribution < -0.4 is 0 Å². The van der Waals surface area contributed by atoms with Crippen molar-refractivity contribution in [3.05, 3.63) is 29.4 Å². The van der Waals surface area contributed by atoms with Crippen molar-refractivity contribution in [3.63, 3.8) is 0 Å². The highest BCUT2D eigenvalue weighted by atomic mass is 16.3. The van der Waals surface area contributed by atoms with E-state index < -0.39 is 0 Å². The summed E-state index contributed by atoms with van der Waals surface area (Å²) in [6.45, 7) is 2.89. The summed E-state index contributed by atoms with van der Waals surface area (Å²) in [5.74, 6) is 2.70. The van der Waals surface area contributed by atoms with E-state index in [1.54, 1.807) is 0 Å². The quantitative estimate of drug-likeness (QED) is 0.864. The molecule has 2 aromatic heterocycles. The highest BCUT2D eigenvalue weighted by Crippen LogP contribution is 2.28. The molecular formula is C13H16N2O2. The molecule has 1 aliphatic rings. The molecular weight excluding hydrogens is 216 g/mol. The summed E-state index contributed by atoms with van der Waals surface area (Å²) in [6, 6.07) is 3.84. The van der Waals surface area contributed by atoms with Gasteiger partial charge in [-0.05, 0) is 31.9 Å². The van der Waals surface area contributed by atoms with Crippen molar-refractivity contribution in [3.8, 4) is 11.5 Å². The largest absolute Gasteiger partial charge is 0.460 e. The van der Waals surface area contributed by atoms with E-state index >= 15 is 0 Å². The Labute approximate surface area is 99.9 Å². The van der Waals surface area contributed by atoms with E-state index in [-0.39, 0.29) is 6.61 Å². The predicted octanol–water partition coefficient (Wildman–Crippen LogP) is 2.28. The highest BCUT2D eigenvalue weighted by molar-refractivity contribution is 5.56. The molecule has 4 nitrogen and oxygen atoms in total. The number of fused-ring (bicyclic) bond motifs is 1. The molecule has 0 amide bonds. The summed E-state index contributed by atoms with van der Waals surface area (Å²) in [5, 5.41) is 9.53. The lowest BCUT2D eigenvalue weighted by Crippen LogP contribution is -2.12. The molecule has 0 saturated carbocycles. The van der Waals surface area contributed by atoms with Crippen LogP contribution in [0.3, 0.4) is 0 Å². The Morgan fingerprint density at radius 3 is 3.00 bits per heavy atom. The van der Waals surface area contributed by atoms with Crippen LogP contribution in [0.2, 0.25) is 0 Å². The molecule has 4 heteroatoms. The Morgan fingerprint density at radius 1 is 1.41 bits per heavy atom. The van der Waals surface area contributed by atoms with E-state index in [0.717, 1.165) is 48.1 Å². The minimum atomic E-state index is 0.0160. The average molecular weight is 232 g/mol. The van der Waals surface area contributed by atoms with E-state index in [0.29, 0.717) is 0 Å². The molecule has 0 fully saturated rings. The summed E-state index contributed by atoms with van der Waals surface area (Å²) < 4.78 is 7.74. The number of aryl methyl sites for hydroxylation is 2. The first-order valence-electron chi connectivity index (χ1n) is 6.05. The first-order valence-corrected chi connectivity index (χ1v) is 6.05. The lowest BCUT2D eigenvalue weighted by molar-refractivity contribution is 0.268. The number of nitrogens with zero attached hydrogens (tertiary/aromatic N) is 2. The lowest BCUT2D eigenvalue weighted by Gasteiger charge is -2.15. The normalized spacial score (nSPS) is 14.9. The summed E-state index contributed by atoms with van der Waals surface area (Å²) in [5.41, 5.74) is 1.69. The van der Waals surface area contributed by atoms with Crippen molar-refractivity contribution >= 4 is 0 Å². The third-order valence-electron chi connectivity index (χ3n) is 3.31. The number of hydrogen-bond acceptors (Lipinski definition) is 3. The van der Waals surface area contributed by atoms with Gasteiger partial charge in [0, 0.05) is 13.0 Å². The van der Waals surface area contributed by atoms with Gasteiger partial charge in [0.05, 0.1) is 12.3 Å². The third kappa shape index (κ3) is 1.69. The number of furan rings is 1. The number of aliphatic hydroxyl groups is 1. The maximum atomic E-state index is 9.53. The molecule has 0 atom stereocenters. The summed E-state index contributed by atoms with van der Waals surface area (Å²) in [6.07, 6.45) is 3.33. The summed E-state index contributed by atoms with van der Waals surface area (Å²) in [4.78, 5) is 4.61. The summed E-state index contributed by atoms with van der Waals surface area (Å²) in [7, 11) is 0. The molecule has 1 N–H and O–H groups in total. The molecule has 90 valence electrons. The van der Waals surface area contributed by atoms with Crippen molar-refractivity contribution in [2.45, 2.75) is 39.3 Å². The van der Waals surface area contributed by atoms with Crippen LogP contribution in [0.1, 0.15) is 30.1 Å². The minimum absolute atomic E-state index is 0.0160. The number of aromatic nitrogens is 2. The monoisotopic (exact) mass is 232 g/mol. The maximum absolute atomic E-state index is 9.53. The second-order valence-corrected chi connectivity index (χ2v) is 4.50. The van der Waals surface area contributed by atoms with Gasteiger partial charge in [-0.3, -0.25) is 0 Å². The van der Waals surface area contributed by atoms with E-state index in [1.807, 2.05) is 19.1 Å². The van der Waals surface area contributed by atoms with E-state index in [4.69, 9.17) is 4.42 Å². The average Bonchev–Trinajstić information content (AvgIpc) is 2.91. The van der Waals surface area contributed by atoms with Crippen molar-refractivity contribution in [2.75, 3.05) is 0 Å². The molecule has 0 unspecified atom stereocenters. The van der Waals surface area contributed by atoms with Gasteiger partial charge in [-0.1, -0.05) is 0 Å². The van der Waals surface area contributed by atoms with E-state index in [1.165, 1.54) is 6.42 Å². The fourth-order valence-electron chi connectivity index (χ4n) is 2.46. The molecule has 0 bridgehead atoms. The van der Waals surface area contributed by atoms with Gasteiger partial charge in [0.15, 0.2) is 5.76 Å². The summed E-state index contributed by atoms with van der Waals surface area (Å²) >= 11 is 0. The van der Waals surface area contributed by atoms with Gasteiger partial charge >= 0.3 is 0 Å². The van der Waals surface area contributed by atoms with Crippen LogP contribution in [0.5, 0.6) is 0 Å². The molecule has 17 heavy (non-hydrogen) atoms. The Kier molecular flexibility index (Phi) is 2.52. The molecule has 2 aromatic rings. The van der Waals surface area contributed by atoms with Gasteiger partial charge in [0.25, 0.3) is 0 Å². The zero-order valence-electron chi connectivity index (χ0n) is 9.94. The number of imidazole rings is 1. The van der Waals surface area contributed by atoms with Crippen LogP contribution in [-0.2, 0) is 19.6 Å². The molecule has 1 aliphatic heterocycles. The Bertz CT molecular complexity index is 540. The van der Waals surface area contributed by atoms with E-state index in [2.05, 4.69) is 9.55 Å². The van der Waals surface area contributed by atoms with Crippen LogP contribution in [0, 0.1) is 6.92 Å². The van der Waals surface area contributed by atoms with Gasteiger partial charge in [-0.25, -0.2) is 4.98 Å². The molecule has 0 aliphatic carbocycles. The highest BCUT2D eigenvalue weighted by Gasteiger charge is 2.21. The van der Waals surface area contributed by atoms with Crippen LogP contribution in [0.4, 0.5) is 0 Å². The molecule has 0 aromatic carbocycles.